The standard InChI is InChI=1S/C14H16N2O2/c1-10(17)15-9-8-13-14(16-11(2)18-13)12-6-4-3-5-7-12/h3-7H,8-9H2,1-2H3,(H,15,17). The fraction of sp³-hybridized carbons (Fsp3) is 0.286. The van der Waals surface area contributed by atoms with Crippen molar-refractivity contribution in [3.05, 3.63) is 42.0 Å². The summed E-state index contributed by atoms with van der Waals surface area (Å²) in [7, 11) is 0. The van der Waals surface area contributed by atoms with E-state index in [2.05, 4.69) is 10.3 Å². The summed E-state index contributed by atoms with van der Waals surface area (Å²) in [5, 5.41) is 2.76. The van der Waals surface area contributed by atoms with E-state index in [1.54, 1.807) is 0 Å². The number of hydrogen-bond acceptors (Lipinski definition) is 3. The molecule has 0 saturated heterocycles. The van der Waals surface area contributed by atoms with E-state index in [-0.39, 0.29) is 5.91 Å². The number of carbonyl (C=O) groups is 1. The average Bonchev–Trinajstić information content (AvgIpc) is 2.71. The number of aromatic nitrogens is 1. The van der Waals surface area contributed by atoms with Gasteiger partial charge >= 0.3 is 0 Å². The van der Waals surface area contributed by atoms with E-state index in [0.717, 1.165) is 17.0 Å². The lowest BCUT2D eigenvalue weighted by molar-refractivity contribution is -0.118. The summed E-state index contributed by atoms with van der Waals surface area (Å²) in [6, 6.07) is 9.90. The number of aryl methyl sites for hydroxylation is 1. The first-order chi connectivity index (χ1) is 8.66. The van der Waals surface area contributed by atoms with Crippen molar-refractivity contribution in [2.75, 3.05) is 6.54 Å². The van der Waals surface area contributed by atoms with Crippen molar-refractivity contribution in [3.8, 4) is 11.3 Å². The number of nitrogens with zero attached hydrogens (tertiary/aromatic N) is 1. The van der Waals surface area contributed by atoms with Crippen LogP contribution < -0.4 is 5.32 Å². The molecule has 4 heteroatoms. The van der Waals surface area contributed by atoms with Crippen molar-refractivity contribution in [2.45, 2.75) is 20.3 Å². The molecule has 0 atom stereocenters. The Morgan fingerprint density at radius 1 is 1.33 bits per heavy atom. The molecule has 0 aliphatic rings. The van der Waals surface area contributed by atoms with Crippen LogP contribution in [-0.4, -0.2) is 17.4 Å². The highest BCUT2D eigenvalue weighted by Crippen LogP contribution is 2.23. The first kappa shape index (κ1) is 12.4. The van der Waals surface area contributed by atoms with Gasteiger partial charge in [0, 0.05) is 32.4 Å². The topological polar surface area (TPSA) is 55.1 Å². The minimum Gasteiger partial charge on any atom is -0.445 e. The molecule has 0 spiro atoms. The summed E-state index contributed by atoms with van der Waals surface area (Å²) < 4.78 is 5.59. The summed E-state index contributed by atoms with van der Waals surface area (Å²) >= 11 is 0. The van der Waals surface area contributed by atoms with Gasteiger partial charge in [-0.15, -0.1) is 0 Å². The number of oxazole rings is 1. The number of hydrogen-bond donors (Lipinski definition) is 1. The second-order valence-electron chi connectivity index (χ2n) is 4.10. The van der Waals surface area contributed by atoms with Crippen LogP contribution in [0.25, 0.3) is 11.3 Å². The lowest BCUT2D eigenvalue weighted by Crippen LogP contribution is -2.22. The highest BCUT2D eigenvalue weighted by Gasteiger charge is 2.12. The van der Waals surface area contributed by atoms with Gasteiger partial charge in [-0.1, -0.05) is 30.3 Å². The second kappa shape index (κ2) is 5.49. The monoisotopic (exact) mass is 244 g/mol. The molecule has 1 aromatic carbocycles. The van der Waals surface area contributed by atoms with Gasteiger partial charge in [-0.05, 0) is 0 Å². The normalized spacial score (nSPS) is 10.3. The van der Waals surface area contributed by atoms with Gasteiger partial charge in [-0.2, -0.15) is 0 Å². The quantitative estimate of drug-likeness (QED) is 0.898. The van der Waals surface area contributed by atoms with E-state index in [0.29, 0.717) is 18.9 Å². The van der Waals surface area contributed by atoms with Crippen LogP contribution in [0.3, 0.4) is 0 Å². The molecule has 1 heterocycles. The van der Waals surface area contributed by atoms with Gasteiger partial charge in [0.25, 0.3) is 0 Å². The molecular formula is C14H16N2O2. The SMILES string of the molecule is CC(=O)NCCc1oc(C)nc1-c1ccccc1. The fourth-order valence-electron chi connectivity index (χ4n) is 1.81. The van der Waals surface area contributed by atoms with Crippen molar-refractivity contribution in [3.63, 3.8) is 0 Å². The third kappa shape index (κ3) is 2.97. The average molecular weight is 244 g/mol. The van der Waals surface area contributed by atoms with Crippen LogP contribution in [0, 0.1) is 6.92 Å². The number of carbonyl (C=O) groups excluding carboxylic acids is 1. The summed E-state index contributed by atoms with van der Waals surface area (Å²) in [5.74, 6) is 1.42. The molecule has 0 aliphatic heterocycles. The zero-order valence-corrected chi connectivity index (χ0v) is 10.6. The fourth-order valence-corrected chi connectivity index (χ4v) is 1.81. The van der Waals surface area contributed by atoms with Crippen LogP contribution in [0.2, 0.25) is 0 Å². The number of nitrogens with one attached hydrogen (secondary N) is 1. The van der Waals surface area contributed by atoms with Crippen LogP contribution in [0.4, 0.5) is 0 Å². The smallest absolute Gasteiger partial charge is 0.216 e. The summed E-state index contributed by atoms with van der Waals surface area (Å²) in [4.78, 5) is 15.2. The predicted octanol–water partition coefficient (Wildman–Crippen LogP) is 2.33. The largest absolute Gasteiger partial charge is 0.445 e. The minimum absolute atomic E-state index is 0.0347. The summed E-state index contributed by atoms with van der Waals surface area (Å²) in [6.45, 7) is 3.89. The molecule has 0 bridgehead atoms. The number of benzene rings is 1. The van der Waals surface area contributed by atoms with E-state index in [1.165, 1.54) is 6.92 Å². The lowest BCUT2D eigenvalue weighted by atomic mass is 10.1. The van der Waals surface area contributed by atoms with E-state index < -0.39 is 0 Å². The van der Waals surface area contributed by atoms with Gasteiger partial charge in [0.2, 0.25) is 5.91 Å². The van der Waals surface area contributed by atoms with Crippen LogP contribution in [0.15, 0.2) is 34.7 Å². The van der Waals surface area contributed by atoms with E-state index in [9.17, 15) is 4.79 Å². The van der Waals surface area contributed by atoms with Crippen molar-refractivity contribution in [1.29, 1.82) is 0 Å². The molecule has 4 nitrogen and oxygen atoms in total. The maximum Gasteiger partial charge on any atom is 0.216 e. The van der Waals surface area contributed by atoms with Gasteiger partial charge in [0.05, 0.1) is 0 Å². The maximum absolute atomic E-state index is 10.8. The Kier molecular flexibility index (Phi) is 3.77. The van der Waals surface area contributed by atoms with Gasteiger partial charge in [-0.3, -0.25) is 4.79 Å². The molecule has 1 aromatic heterocycles. The van der Waals surface area contributed by atoms with Crippen LogP contribution in [-0.2, 0) is 11.2 Å². The van der Waals surface area contributed by atoms with Crippen molar-refractivity contribution < 1.29 is 9.21 Å². The molecular weight excluding hydrogens is 228 g/mol. The lowest BCUT2D eigenvalue weighted by Gasteiger charge is -2.02. The van der Waals surface area contributed by atoms with E-state index in [1.807, 2.05) is 37.3 Å². The molecule has 0 saturated carbocycles. The second-order valence-corrected chi connectivity index (χ2v) is 4.10. The zero-order valence-electron chi connectivity index (χ0n) is 10.6. The van der Waals surface area contributed by atoms with Crippen molar-refractivity contribution in [1.82, 2.24) is 10.3 Å². The van der Waals surface area contributed by atoms with Gasteiger partial charge in [-0.25, -0.2) is 4.98 Å². The van der Waals surface area contributed by atoms with E-state index >= 15 is 0 Å². The molecule has 2 rings (SSSR count). The molecule has 94 valence electrons. The Hall–Kier alpha value is -2.10. The summed E-state index contributed by atoms with van der Waals surface area (Å²) in [6.07, 6.45) is 0.643. The molecule has 0 aliphatic carbocycles. The number of rotatable bonds is 4. The molecule has 0 radical (unpaired) electrons. The highest BCUT2D eigenvalue weighted by atomic mass is 16.4. The van der Waals surface area contributed by atoms with Crippen LogP contribution in [0.1, 0.15) is 18.6 Å². The Balaban J connectivity index is 2.18. The number of amides is 1. The Bertz CT molecular complexity index is 532. The Morgan fingerprint density at radius 2 is 2.06 bits per heavy atom. The first-order valence-electron chi connectivity index (χ1n) is 5.93. The predicted molar refractivity (Wildman–Crippen MR) is 69.1 cm³/mol. The third-order valence-corrected chi connectivity index (χ3v) is 2.58. The summed E-state index contributed by atoms with van der Waals surface area (Å²) in [5.41, 5.74) is 1.89. The van der Waals surface area contributed by atoms with Gasteiger partial charge in [0.1, 0.15) is 11.5 Å². The molecule has 18 heavy (non-hydrogen) atoms. The van der Waals surface area contributed by atoms with E-state index in [4.69, 9.17) is 4.42 Å². The molecule has 0 fully saturated rings. The highest BCUT2D eigenvalue weighted by molar-refractivity contribution is 5.72. The molecule has 1 N–H and O–H groups in total. The van der Waals surface area contributed by atoms with Gasteiger partial charge < -0.3 is 9.73 Å². The molecule has 1 amide bonds. The molecule has 0 unspecified atom stereocenters. The Morgan fingerprint density at radius 3 is 2.72 bits per heavy atom. The van der Waals surface area contributed by atoms with Crippen LogP contribution in [0.5, 0.6) is 0 Å². The molecule has 2 aromatic rings. The third-order valence-electron chi connectivity index (χ3n) is 2.58. The Labute approximate surface area is 106 Å². The van der Waals surface area contributed by atoms with Crippen LogP contribution >= 0.6 is 0 Å². The van der Waals surface area contributed by atoms with Gasteiger partial charge in [0.15, 0.2) is 5.89 Å². The minimum atomic E-state index is -0.0347. The van der Waals surface area contributed by atoms with Crippen molar-refractivity contribution >= 4 is 5.91 Å². The maximum atomic E-state index is 10.8. The first-order valence-corrected chi connectivity index (χ1v) is 5.93. The zero-order chi connectivity index (χ0) is 13.0. The van der Waals surface area contributed by atoms with Crippen molar-refractivity contribution in [2.24, 2.45) is 0 Å².